The van der Waals surface area contributed by atoms with Crippen LogP contribution >= 0.6 is 0 Å². The summed E-state index contributed by atoms with van der Waals surface area (Å²) in [6.45, 7) is 1.41. The third kappa shape index (κ3) is 2.24. The lowest BCUT2D eigenvalue weighted by Gasteiger charge is -2.17. The van der Waals surface area contributed by atoms with Crippen LogP contribution in [0.2, 0.25) is 0 Å². The number of aliphatic hydroxyl groups excluding tert-OH is 2. The molecule has 1 aliphatic heterocycles. The lowest BCUT2D eigenvalue weighted by Crippen LogP contribution is -2.30. The molecular formula is C12H15N5O4. The van der Waals surface area contributed by atoms with Gasteiger partial charge < -0.3 is 20.7 Å². The molecule has 0 saturated carbocycles. The highest BCUT2D eigenvalue weighted by atomic mass is 16.5. The third-order valence-corrected chi connectivity index (χ3v) is 3.46. The number of aromatic nitrogens is 4. The van der Waals surface area contributed by atoms with E-state index in [1.165, 1.54) is 6.20 Å². The van der Waals surface area contributed by atoms with Gasteiger partial charge in [0.15, 0.2) is 5.65 Å². The number of nitrogens with zero attached hydrogens (tertiary/aromatic N) is 4. The van der Waals surface area contributed by atoms with Gasteiger partial charge in [-0.25, -0.2) is 19.3 Å². The number of hydrogen-bond acceptors (Lipinski definition) is 8. The van der Waals surface area contributed by atoms with Crippen molar-refractivity contribution in [2.45, 2.75) is 31.8 Å². The van der Waals surface area contributed by atoms with Crippen LogP contribution in [0.4, 0.5) is 5.82 Å². The number of nitrogens with two attached hydrogens (primary N) is 1. The van der Waals surface area contributed by atoms with Gasteiger partial charge >= 0.3 is 5.69 Å². The standard InChI is InChI=1S/C12H15N5O4/c1-5-3-14-11-9(15-5)10(13)17(12(20)16-11)8-2-6(19)7(4-18)21-8/h3,6-8,18-19H,2,4,13H2,1H3/t6-,7+,8?/m0/s1. The first-order valence-electron chi connectivity index (χ1n) is 6.47. The van der Waals surface area contributed by atoms with Crippen LogP contribution in [0.25, 0.3) is 11.2 Å². The maximum atomic E-state index is 12.1. The van der Waals surface area contributed by atoms with Crippen LogP contribution in [0, 0.1) is 6.92 Å². The molecule has 0 spiro atoms. The highest BCUT2D eigenvalue weighted by Gasteiger charge is 2.36. The van der Waals surface area contributed by atoms with E-state index in [4.69, 9.17) is 15.6 Å². The van der Waals surface area contributed by atoms with Gasteiger partial charge in [0.25, 0.3) is 0 Å². The molecule has 0 aromatic carbocycles. The molecule has 2 aromatic heterocycles. The van der Waals surface area contributed by atoms with Crippen LogP contribution < -0.4 is 11.4 Å². The van der Waals surface area contributed by atoms with Gasteiger partial charge in [0.1, 0.15) is 23.7 Å². The number of nitrogen functional groups attached to an aromatic ring is 1. The predicted molar refractivity (Wildman–Crippen MR) is 72.4 cm³/mol. The molecule has 1 fully saturated rings. The average Bonchev–Trinajstić information content (AvgIpc) is 2.81. The van der Waals surface area contributed by atoms with E-state index >= 15 is 0 Å². The minimum atomic E-state index is -0.870. The van der Waals surface area contributed by atoms with Crippen molar-refractivity contribution in [2.24, 2.45) is 0 Å². The minimum Gasteiger partial charge on any atom is -0.394 e. The Morgan fingerprint density at radius 2 is 2.29 bits per heavy atom. The average molecular weight is 293 g/mol. The van der Waals surface area contributed by atoms with Gasteiger partial charge in [0, 0.05) is 6.42 Å². The normalized spacial score (nSPS) is 25.6. The summed E-state index contributed by atoms with van der Waals surface area (Å²) in [5, 5.41) is 18.9. The van der Waals surface area contributed by atoms with E-state index < -0.39 is 24.1 Å². The van der Waals surface area contributed by atoms with Gasteiger partial charge in [-0.05, 0) is 6.92 Å². The van der Waals surface area contributed by atoms with Crippen LogP contribution in [-0.4, -0.2) is 48.5 Å². The zero-order valence-corrected chi connectivity index (χ0v) is 11.3. The number of aliphatic hydroxyl groups is 2. The van der Waals surface area contributed by atoms with E-state index in [1.807, 2.05) is 0 Å². The molecule has 9 heteroatoms. The van der Waals surface area contributed by atoms with E-state index in [1.54, 1.807) is 6.92 Å². The Bertz CT molecular complexity index is 746. The van der Waals surface area contributed by atoms with Crippen LogP contribution in [0.5, 0.6) is 0 Å². The summed E-state index contributed by atoms with van der Waals surface area (Å²) in [5.74, 6) is 0.0805. The van der Waals surface area contributed by atoms with Crippen molar-refractivity contribution >= 4 is 17.0 Å². The molecular weight excluding hydrogens is 278 g/mol. The van der Waals surface area contributed by atoms with E-state index in [0.29, 0.717) is 11.2 Å². The molecule has 0 radical (unpaired) electrons. The molecule has 0 amide bonds. The quantitative estimate of drug-likeness (QED) is 0.622. The second-order valence-corrected chi connectivity index (χ2v) is 4.95. The number of fused-ring (bicyclic) bond motifs is 1. The van der Waals surface area contributed by atoms with Crippen LogP contribution in [0.15, 0.2) is 11.0 Å². The Kier molecular flexibility index (Phi) is 3.32. The van der Waals surface area contributed by atoms with Gasteiger partial charge in [-0.15, -0.1) is 0 Å². The fourth-order valence-corrected chi connectivity index (χ4v) is 2.40. The van der Waals surface area contributed by atoms with Crippen molar-refractivity contribution in [1.82, 2.24) is 19.5 Å². The Hall–Kier alpha value is -2.10. The summed E-state index contributed by atoms with van der Waals surface area (Å²) >= 11 is 0. The maximum Gasteiger partial charge on any atom is 0.353 e. The first-order chi connectivity index (χ1) is 10.0. The largest absolute Gasteiger partial charge is 0.394 e. The minimum absolute atomic E-state index is 0.0805. The number of anilines is 1. The van der Waals surface area contributed by atoms with Crippen molar-refractivity contribution in [2.75, 3.05) is 12.3 Å². The van der Waals surface area contributed by atoms with Gasteiger partial charge in [-0.3, -0.25) is 0 Å². The van der Waals surface area contributed by atoms with E-state index in [2.05, 4.69) is 15.0 Å². The van der Waals surface area contributed by atoms with Gasteiger partial charge in [0.2, 0.25) is 0 Å². The van der Waals surface area contributed by atoms with E-state index in [-0.39, 0.29) is 24.5 Å². The van der Waals surface area contributed by atoms with Crippen molar-refractivity contribution in [1.29, 1.82) is 0 Å². The fourth-order valence-electron chi connectivity index (χ4n) is 2.40. The first kappa shape index (κ1) is 13.9. The first-order valence-corrected chi connectivity index (χ1v) is 6.47. The van der Waals surface area contributed by atoms with Crippen LogP contribution in [-0.2, 0) is 4.74 Å². The molecule has 21 heavy (non-hydrogen) atoms. The molecule has 1 saturated heterocycles. The monoisotopic (exact) mass is 293 g/mol. The van der Waals surface area contributed by atoms with E-state index in [0.717, 1.165) is 4.57 Å². The predicted octanol–water partition coefficient (Wildman–Crippen LogP) is -1.28. The number of hydrogen-bond donors (Lipinski definition) is 3. The maximum absolute atomic E-state index is 12.1. The molecule has 0 aliphatic carbocycles. The molecule has 4 N–H and O–H groups in total. The van der Waals surface area contributed by atoms with Crippen molar-refractivity contribution in [3.63, 3.8) is 0 Å². The van der Waals surface area contributed by atoms with Crippen molar-refractivity contribution in [3.8, 4) is 0 Å². The van der Waals surface area contributed by atoms with Crippen molar-refractivity contribution < 1.29 is 14.9 Å². The number of aryl methyl sites for hydroxylation is 1. The van der Waals surface area contributed by atoms with Crippen molar-refractivity contribution in [3.05, 3.63) is 22.4 Å². The summed E-state index contributed by atoms with van der Waals surface area (Å²) in [7, 11) is 0. The lowest BCUT2D eigenvalue weighted by atomic mass is 10.2. The van der Waals surface area contributed by atoms with Crippen LogP contribution in [0.3, 0.4) is 0 Å². The summed E-state index contributed by atoms with van der Waals surface area (Å²) in [6.07, 6.45) is -0.771. The lowest BCUT2D eigenvalue weighted by molar-refractivity contribution is -0.0449. The molecule has 9 nitrogen and oxygen atoms in total. The highest BCUT2D eigenvalue weighted by Crippen LogP contribution is 2.30. The molecule has 3 atom stereocenters. The Balaban J connectivity index is 2.13. The number of ether oxygens (including phenoxy) is 1. The molecule has 2 aromatic rings. The smallest absolute Gasteiger partial charge is 0.353 e. The van der Waals surface area contributed by atoms with Gasteiger partial charge in [-0.1, -0.05) is 0 Å². The second kappa shape index (κ2) is 5.02. The number of rotatable bonds is 2. The molecule has 3 heterocycles. The van der Waals surface area contributed by atoms with Gasteiger partial charge in [0.05, 0.1) is 24.6 Å². The molecule has 1 unspecified atom stereocenters. The summed E-state index contributed by atoms with van der Waals surface area (Å²) in [6, 6.07) is 0. The third-order valence-electron chi connectivity index (χ3n) is 3.46. The Labute approximate surface area is 119 Å². The highest BCUT2D eigenvalue weighted by molar-refractivity contribution is 5.80. The second-order valence-electron chi connectivity index (χ2n) is 4.95. The van der Waals surface area contributed by atoms with Crippen LogP contribution in [0.1, 0.15) is 18.3 Å². The topological polar surface area (TPSA) is 136 Å². The zero-order valence-electron chi connectivity index (χ0n) is 11.3. The Morgan fingerprint density at radius 1 is 1.52 bits per heavy atom. The molecule has 1 aliphatic rings. The SMILES string of the molecule is Cc1cnc2nc(=O)n(C3C[C@H](O)[C@@H](CO)O3)c(N)c2n1. The summed E-state index contributed by atoms with van der Waals surface area (Å²) in [4.78, 5) is 24.2. The summed E-state index contributed by atoms with van der Waals surface area (Å²) < 4.78 is 6.58. The fraction of sp³-hybridized carbons (Fsp3) is 0.500. The Morgan fingerprint density at radius 3 is 2.95 bits per heavy atom. The summed E-state index contributed by atoms with van der Waals surface area (Å²) in [5.41, 5.74) is 6.48. The molecule has 112 valence electrons. The molecule has 0 bridgehead atoms. The zero-order chi connectivity index (χ0) is 15.1. The van der Waals surface area contributed by atoms with E-state index in [9.17, 15) is 9.90 Å². The van der Waals surface area contributed by atoms with Gasteiger partial charge in [-0.2, -0.15) is 4.98 Å². The molecule has 3 rings (SSSR count).